The molecule has 92 valence electrons. The molecule has 0 aromatic heterocycles. The van der Waals surface area contributed by atoms with E-state index in [0.29, 0.717) is 18.2 Å². The van der Waals surface area contributed by atoms with Crippen LogP contribution in [-0.4, -0.2) is 31.9 Å². The number of hydrogen-bond donors (Lipinski definition) is 1. The molecule has 3 rings (SSSR count). The fourth-order valence-electron chi connectivity index (χ4n) is 2.95. The van der Waals surface area contributed by atoms with E-state index in [0.717, 1.165) is 25.1 Å². The van der Waals surface area contributed by atoms with Crippen molar-refractivity contribution in [2.75, 3.05) is 13.7 Å². The van der Waals surface area contributed by atoms with Gasteiger partial charge in [-0.05, 0) is 30.5 Å². The molecule has 1 aliphatic heterocycles. The normalized spacial score (nSPS) is 31.5. The summed E-state index contributed by atoms with van der Waals surface area (Å²) in [5.74, 6) is 1.02. The highest BCUT2D eigenvalue weighted by molar-refractivity contribution is 5.43. The Bertz CT molecular complexity index is 419. The van der Waals surface area contributed by atoms with E-state index in [1.807, 2.05) is 6.07 Å². The molecule has 0 radical (unpaired) electrons. The first-order valence-corrected chi connectivity index (χ1v) is 6.31. The summed E-state index contributed by atoms with van der Waals surface area (Å²) in [5.41, 5.74) is 2.73. The van der Waals surface area contributed by atoms with Gasteiger partial charge in [0.15, 0.2) is 0 Å². The maximum Gasteiger partial charge on any atom is 0.122 e. The van der Waals surface area contributed by atoms with E-state index in [4.69, 9.17) is 9.47 Å². The number of hydrogen-bond acceptors (Lipinski definition) is 3. The molecule has 0 unspecified atom stereocenters. The average Bonchev–Trinajstić information content (AvgIpc) is 2.35. The highest BCUT2D eigenvalue weighted by atomic mass is 16.5. The maximum atomic E-state index is 6.02. The zero-order chi connectivity index (χ0) is 11.8. The summed E-state index contributed by atoms with van der Waals surface area (Å²) < 4.78 is 11.5. The lowest BCUT2D eigenvalue weighted by atomic mass is 9.84. The Kier molecular flexibility index (Phi) is 2.81. The highest BCUT2D eigenvalue weighted by Crippen LogP contribution is 2.32. The summed E-state index contributed by atoms with van der Waals surface area (Å²) in [5, 5.41) is 3.58. The zero-order valence-electron chi connectivity index (χ0n) is 10.4. The summed E-state index contributed by atoms with van der Waals surface area (Å²) in [4.78, 5) is 0. The number of benzene rings is 1. The van der Waals surface area contributed by atoms with Gasteiger partial charge in [0, 0.05) is 19.0 Å². The molecule has 0 bridgehead atoms. The number of rotatable bonds is 1. The molecule has 1 aromatic carbocycles. The minimum atomic E-state index is 0.318. The zero-order valence-corrected chi connectivity index (χ0v) is 10.4. The maximum absolute atomic E-state index is 6.02. The predicted octanol–water partition coefficient (Wildman–Crippen LogP) is 1.54. The van der Waals surface area contributed by atoms with E-state index in [1.54, 1.807) is 7.11 Å². The van der Waals surface area contributed by atoms with Crippen LogP contribution in [0.2, 0.25) is 0 Å². The Hall–Kier alpha value is -1.06. The smallest absolute Gasteiger partial charge is 0.122 e. The van der Waals surface area contributed by atoms with Crippen molar-refractivity contribution in [3.63, 3.8) is 0 Å². The molecule has 0 saturated carbocycles. The predicted molar refractivity (Wildman–Crippen MR) is 66.5 cm³/mol. The van der Waals surface area contributed by atoms with E-state index in [1.165, 1.54) is 11.1 Å². The van der Waals surface area contributed by atoms with Crippen molar-refractivity contribution in [1.29, 1.82) is 0 Å². The lowest BCUT2D eigenvalue weighted by molar-refractivity contribution is -0.0566. The van der Waals surface area contributed by atoms with E-state index < -0.39 is 0 Å². The summed E-state index contributed by atoms with van der Waals surface area (Å²) >= 11 is 0. The largest absolute Gasteiger partial charge is 0.496 e. The number of nitrogens with one attached hydrogen (secondary N) is 1. The van der Waals surface area contributed by atoms with Crippen LogP contribution in [0.5, 0.6) is 5.75 Å². The van der Waals surface area contributed by atoms with Crippen LogP contribution in [0.1, 0.15) is 18.1 Å². The van der Waals surface area contributed by atoms with Crippen molar-refractivity contribution >= 4 is 0 Å². The Morgan fingerprint density at radius 2 is 2.24 bits per heavy atom. The summed E-state index contributed by atoms with van der Waals surface area (Å²) in [7, 11) is 1.74. The molecular weight excluding hydrogens is 214 g/mol. The standard InChI is InChI=1S/C14H19NO2/c1-9-8-15-12-7-11-10(6-14(12)17-9)4-3-5-13(11)16-2/h3-5,9,12,14-15H,6-8H2,1-2H3/t9-,12-,14+/m0/s1. The molecule has 1 aromatic rings. The van der Waals surface area contributed by atoms with Crippen LogP contribution in [0.3, 0.4) is 0 Å². The fourth-order valence-corrected chi connectivity index (χ4v) is 2.95. The second-order valence-electron chi connectivity index (χ2n) is 5.01. The molecule has 1 saturated heterocycles. The van der Waals surface area contributed by atoms with Crippen molar-refractivity contribution in [2.24, 2.45) is 0 Å². The molecule has 3 heteroatoms. The molecule has 0 spiro atoms. The van der Waals surface area contributed by atoms with E-state index in [2.05, 4.69) is 24.4 Å². The molecule has 1 N–H and O–H groups in total. The van der Waals surface area contributed by atoms with Crippen LogP contribution in [0.25, 0.3) is 0 Å². The number of morpholine rings is 1. The van der Waals surface area contributed by atoms with Gasteiger partial charge in [0.25, 0.3) is 0 Å². The second kappa shape index (κ2) is 4.31. The van der Waals surface area contributed by atoms with Gasteiger partial charge in [0.05, 0.1) is 19.3 Å². The van der Waals surface area contributed by atoms with Crippen molar-refractivity contribution in [3.05, 3.63) is 29.3 Å². The third-order valence-electron chi connectivity index (χ3n) is 3.82. The Balaban J connectivity index is 1.91. The summed E-state index contributed by atoms with van der Waals surface area (Å²) in [6, 6.07) is 6.75. The van der Waals surface area contributed by atoms with Gasteiger partial charge >= 0.3 is 0 Å². The minimum Gasteiger partial charge on any atom is -0.496 e. The van der Waals surface area contributed by atoms with Gasteiger partial charge in [-0.15, -0.1) is 0 Å². The molecule has 17 heavy (non-hydrogen) atoms. The van der Waals surface area contributed by atoms with Crippen LogP contribution in [0.15, 0.2) is 18.2 Å². The molecular formula is C14H19NO2. The Labute approximate surface area is 102 Å². The van der Waals surface area contributed by atoms with Crippen molar-refractivity contribution in [1.82, 2.24) is 5.32 Å². The van der Waals surface area contributed by atoms with Crippen molar-refractivity contribution < 1.29 is 9.47 Å². The van der Waals surface area contributed by atoms with E-state index >= 15 is 0 Å². The number of fused-ring (bicyclic) bond motifs is 2. The third-order valence-corrected chi connectivity index (χ3v) is 3.82. The quantitative estimate of drug-likeness (QED) is 0.798. The van der Waals surface area contributed by atoms with Gasteiger partial charge < -0.3 is 14.8 Å². The lowest BCUT2D eigenvalue weighted by Crippen LogP contribution is -2.55. The monoisotopic (exact) mass is 233 g/mol. The van der Waals surface area contributed by atoms with Crippen molar-refractivity contribution in [3.8, 4) is 5.75 Å². The molecule has 1 heterocycles. The first-order chi connectivity index (χ1) is 8.28. The molecule has 1 aliphatic carbocycles. The van der Waals surface area contributed by atoms with Gasteiger partial charge in [-0.1, -0.05) is 12.1 Å². The SMILES string of the molecule is COc1cccc2c1C[C@@H]1NC[C@H](C)O[C@@H]1C2. The van der Waals surface area contributed by atoms with Crippen LogP contribution >= 0.6 is 0 Å². The number of ether oxygens (including phenoxy) is 2. The van der Waals surface area contributed by atoms with Crippen LogP contribution in [-0.2, 0) is 17.6 Å². The first kappa shape index (κ1) is 11.1. The van der Waals surface area contributed by atoms with Crippen LogP contribution in [0, 0.1) is 0 Å². The first-order valence-electron chi connectivity index (χ1n) is 6.31. The van der Waals surface area contributed by atoms with Crippen LogP contribution in [0.4, 0.5) is 0 Å². The summed E-state index contributed by atoms with van der Waals surface area (Å²) in [6.45, 7) is 3.08. The van der Waals surface area contributed by atoms with Gasteiger partial charge in [0.1, 0.15) is 5.75 Å². The molecule has 0 amide bonds. The van der Waals surface area contributed by atoms with E-state index in [9.17, 15) is 0 Å². The summed E-state index contributed by atoms with van der Waals surface area (Å²) in [6.07, 6.45) is 2.65. The molecule has 3 atom stereocenters. The average molecular weight is 233 g/mol. The molecule has 3 nitrogen and oxygen atoms in total. The van der Waals surface area contributed by atoms with Gasteiger partial charge in [-0.2, -0.15) is 0 Å². The Morgan fingerprint density at radius 1 is 1.35 bits per heavy atom. The minimum absolute atomic E-state index is 0.318. The van der Waals surface area contributed by atoms with E-state index in [-0.39, 0.29) is 0 Å². The molecule has 1 fully saturated rings. The third kappa shape index (κ3) is 1.94. The van der Waals surface area contributed by atoms with Crippen molar-refractivity contribution in [2.45, 2.75) is 38.0 Å². The van der Waals surface area contributed by atoms with Crippen LogP contribution < -0.4 is 10.1 Å². The fraction of sp³-hybridized carbons (Fsp3) is 0.571. The number of methoxy groups -OCH3 is 1. The van der Waals surface area contributed by atoms with Gasteiger partial charge in [0.2, 0.25) is 0 Å². The van der Waals surface area contributed by atoms with Gasteiger partial charge in [-0.25, -0.2) is 0 Å². The second-order valence-corrected chi connectivity index (χ2v) is 5.01. The molecule has 2 aliphatic rings. The topological polar surface area (TPSA) is 30.5 Å². The van der Waals surface area contributed by atoms with Gasteiger partial charge in [-0.3, -0.25) is 0 Å². The highest BCUT2D eigenvalue weighted by Gasteiger charge is 2.34. The lowest BCUT2D eigenvalue weighted by Gasteiger charge is -2.40. The Morgan fingerprint density at radius 3 is 3.06 bits per heavy atom.